The summed E-state index contributed by atoms with van der Waals surface area (Å²) < 4.78 is 9.91. The van der Waals surface area contributed by atoms with Crippen molar-refractivity contribution in [1.29, 1.82) is 0 Å². The summed E-state index contributed by atoms with van der Waals surface area (Å²) in [6.07, 6.45) is 0.421. The number of nitrogens with two attached hydrogens (primary N) is 1. The van der Waals surface area contributed by atoms with E-state index in [2.05, 4.69) is 14.9 Å². The number of rotatable bonds is 5. The number of carbonyl (C=O) groups excluding carboxylic acids is 2. The SMILES string of the molecule is COC(=O)c1ccc(Cc2nc(-c3cccc(C(N)=O)c3)no2)cc1. The number of primary amides is 1. The van der Waals surface area contributed by atoms with Gasteiger partial charge in [-0.05, 0) is 29.8 Å². The molecule has 126 valence electrons. The third-order valence-electron chi connectivity index (χ3n) is 3.60. The van der Waals surface area contributed by atoms with Gasteiger partial charge in [-0.2, -0.15) is 4.98 Å². The highest BCUT2D eigenvalue weighted by molar-refractivity contribution is 5.93. The topological polar surface area (TPSA) is 108 Å². The molecular weight excluding hydrogens is 322 g/mol. The van der Waals surface area contributed by atoms with Crippen LogP contribution in [0.3, 0.4) is 0 Å². The molecule has 0 aliphatic rings. The van der Waals surface area contributed by atoms with Crippen LogP contribution in [0.1, 0.15) is 32.2 Å². The average Bonchev–Trinajstić information content (AvgIpc) is 3.10. The Morgan fingerprint density at radius 2 is 1.88 bits per heavy atom. The lowest BCUT2D eigenvalue weighted by Crippen LogP contribution is -2.10. The molecule has 2 aromatic carbocycles. The summed E-state index contributed by atoms with van der Waals surface area (Å²) in [5.41, 5.74) is 7.68. The molecule has 0 saturated carbocycles. The van der Waals surface area contributed by atoms with Crippen molar-refractivity contribution < 1.29 is 18.8 Å². The van der Waals surface area contributed by atoms with Crippen LogP contribution < -0.4 is 5.73 Å². The van der Waals surface area contributed by atoms with Gasteiger partial charge >= 0.3 is 5.97 Å². The van der Waals surface area contributed by atoms with Gasteiger partial charge in [-0.15, -0.1) is 0 Å². The first kappa shape index (κ1) is 16.4. The molecule has 0 spiro atoms. The number of benzene rings is 2. The molecule has 0 atom stereocenters. The van der Waals surface area contributed by atoms with Crippen molar-refractivity contribution in [2.75, 3.05) is 7.11 Å². The van der Waals surface area contributed by atoms with Gasteiger partial charge in [-0.25, -0.2) is 4.79 Å². The van der Waals surface area contributed by atoms with Crippen molar-refractivity contribution in [1.82, 2.24) is 10.1 Å². The van der Waals surface area contributed by atoms with Crippen molar-refractivity contribution in [2.45, 2.75) is 6.42 Å². The van der Waals surface area contributed by atoms with Crippen LogP contribution >= 0.6 is 0 Å². The maximum atomic E-state index is 11.4. The van der Waals surface area contributed by atoms with Crippen molar-refractivity contribution in [2.24, 2.45) is 5.73 Å². The van der Waals surface area contributed by atoms with E-state index in [1.165, 1.54) is 7.11 Å². The molecule has 1 aromatic heterocycles. The first-order valence-electron chi connectivity index (χ1n) is 7.47. The van der Waals surface area contributed by atoms with Gasteiger partial charge in [0.15, 0.2) is 0 Å². The molecule has 25 heavy (non-hydrogen) atoms. The Balaban J connectivity index is 1.77. The molecule has 0 aliphatic carbocycles. The van der Waals surface area contributed by atoms with E-state index in [0.717, 1.165) is 5.56 Å². The van der Waals surface area contributed by atoms with Crippen molar-refractivity contribution in [3.05, 3.63) is 71.1 Å². The fraction of sp³-hybridized carbons (Fsp3) is 0.111. The van der Waals surface area contributed by atoms with Crippen molar-refractivity contribution >= 4 is 11.9 Å². The molecule has 0 fully saturated rings. The van der Waals surface area contributed by atoms with E-state index in [0.29, 0.717) is 34.8 Å². The van der Waals surface area contributed by atoms with E-state index in [-0.39, 0.29) is 5.97 Å². The molecule has 0 bridgehead atoms. The summed E-state index contributed by atoms with van der Waals surface area (Å²) in [6.45, 7) is 0. The maximum absolute atomic E-state index is 11.4. The van der Waals surface area contributed by atoms with Crippen molar-refractivity contribution in [3.8, 4) is 11.4 Å². The summed E-state index contributed by atoms with van der Waals surface area (Å²) >= 11 is 0. The quantitative estimate of drug-likeness (QED) is 0.715. The highest BCUT2D eigenvalue weighted by atomic mass is 16.5. The fourth-order valence-electron chi connectivity index (χ4n) is 2.31. The molecule has 0 radical (unpaired) electrons. The first-order valence-corrected chi connectivity index (χ1v) is 7.47. The Morgan fingerprint density at radius 1 is 1.12 bits per heavy atom. The Hall–Kier alpha value is -3.48. The van der Waals surface area contributed by atoms with Gasteiger partial charge in [0.2, 0.25) is 17.6 Å². The number of nitrogens with zero attached hydrogens (tertiary/aromatic N) is 2. The second-order valence-corrected chi connectivity index (χ2v) is 5.32. The van der Waals surface area contributed by atoms with E-state index >= 15 is 0 Å². The van der Waals surface area contributed by atoms with Crippen molar-refractivity contribution in [3.63, 3.8) is 0 Å². The number of methoxy groups -OCH3 is 1. The molecule has 3 aromatic rings. The largest absolute Gasteiger partial charge is 0.465 e. The van der Waals surface area contributed by atoms with E-state index in [1.54, 1.807) is 48.5 Å². The standard InChI is InChI=1S/C18H15N3O4/c1-24-18(23)12-7-5-11(6-8-12)9-15-20-17(21-25-15)14-4-2-3-13(10-14)16(19)22/h2-8,10H,9H2,1H3,(H2,19,22). The zero-order valence-corrected chi connectivity index (χ0v) is 13.4. The lowest BCUT2D eigenvalue weighted by atomic mass is 10.1. The van der Waals surface area contributed by atoms with Gasteiger partial charge in [0.05, 0.1) is 19.1 Å². The number of aromatic nitrogens is 2. The Morgan fingerprint density at radius 3 is 2.56 bits per heavy atom. The summed E-state index contributed by atoms with van der Waals surface area (Å²) in [7, 11) is 1.34. The van der Waals surface area contributed by atoms with Crippen LogP contribution in [0, 0.1) is 0 Å². The van der Waals surface area contributed by atoms with Gasteiger partial charge in [-0.1, -0.05) is 29.4 Å². The van der Waals surface area contributed by atoms with Crippen LogP contribution in [0.2, 0.25) is 0 Å². The van der Waals surface area contributed by atoms with Gasteiger partial charge in [0.25, 0.3) is 0 Å². The number of esters is 1. The number of hydrogen-bond donors (Lipinski definition) is 1. The lowest BCUT2D eigenvalue weighted by Gasteiger charge is -2.00. The highest BCUT2D eigenvalue weighted by Crippen LogP contribution is 2.18. The van der Waals surface area contributed by atoms with Crippen LogP contribution in [-0.2, 0) is 11.2 Å². The second-order valence-electron chi connectivity index (χ2n) is 5.32. The molecule has 3 rings (SSSR count). The normalized spacial score (nSPS) is 10.4. The number of amides is 1. The first-order chi connectivity index (χ1) is 12.1. The zero-order valence-electron chi connectivity index (χ0n) is 13.4. The van der Waals surface area contributed by atoms with E-state index < -0.39 is 5.91 Å². The third kappa shape index (κ3) is 3.72. The van der Waals surface area contributed by atoms with E-state index in [4.69, 9.17) is 10.3 Å². The van der Waals surface area contributed by atoms with Gasteiger partial charge in [0, 0.05) is 11.1 Å². The predicted octanol–water partition coefficient (Wildman–Crippen LogP) is 2.21. The molecule has 7 heteroatoms. The molecule has 1 amide bonds. The lowest BCUT2D eigenvalue weighted by molar-refractivity contribution is 0.0600. The number of ether oxygens (including phenoxy) is 1. The Labute approximate surface area is 143 Å². The Bertz CT molecular complexity index is 916. The van der Waals surface area contributed by atoms with Gasteiger partial charge in [-0.3, -0.25) is 4.79 Å². The summed E-state index contributed by atoms with van der Waals surface area (Å²) in [6, 6.07) is 13.7. The zero-order chi connectivity index (χ0) is 17.8. The smallest absolute Gasteiger partial charge is 0.337 e. The molecular formula is C18H15N3O4. The fourth-order valence-corrected chi connectivity index (χ4v) is 2.31. The molecule has 1 heterocycles. The third-order valence-corrected chi connectivity index (χ3v) is 3.60. The van der Waals surface area contributed by atoms with Crippen LogP contribution in [0.15, 0.2) is 53.1 Å². The maximum Gasteiger partial charge on any atom is 0.337 e. The number of carbonyl (C=O) groups is 2. The summed E-state index contributed by atoms with van der Waals surface area (Å²) in [5, 5.41) is 3.93. The monoisotopic (exact) mass is 337 g/mol. The molecule has 0 aliphatic heterocycles. The van der Waals surface area contributed by atoms with E-state index in [1.807, 2.05) is 0 Å². The second kappa shape index (κ2) is 6.96. The van der Waals surface area contributed by atoms with Crippen LogP contribution in [-0.4, -0.2) is 29.1 Å². The average molecular weight is 337 g/mol. The van der Waals surface area contributed by atoms with Crippen LogP contribution in [0.4, 0.5) is 0 Å². The van der Waals surface area contributed by atoms with Gasteiger partial charge in [0.1, 0.15) is 0 Å². The van der Waals surface area contributed by atoms with E-state index in [9.17, 15) is 9.59 Å². The predicted molar refractivity (Wildman–Crippen MR) is 88.8 cm³/mol. The minimum atomic E-state index is -0.517. The van der Waals surface area contributed by atoms with Crippen LogP contribution in [0.25, 0.3) is 11.4 Å². The van der Waals surface area contributed by atoms with Crippen LogP contribution in [0.5, 0.6) is 0 Å². The minimum Gasteiger partial charge on any atom is -0.465 e. The summed E-state index contributed by atoms with van der Waals surface area (Å²) in [4.78, 5) is 27.0. The highest BCUT2D eigenvalue weighted by Gasteiger charge is 2.12. The summed E-state index contributed by atoms with van der Waals surface area (Å²) in [5.74, 6) is -0.105. The molecule has 7 nitrogen and oxygen atoms in total. The minimum absolute atomic E-state index is 0.377. The number of hydrogen-bond acceptors (Lipinski definition) is 6. The Kier molecular flexibility index (Phi) is 4.56. The van der Waals surface area contributed by atoms with Gasteiger partial charge < -0.3 is 15.0 Å². The molecule has 0 saturated heterocycles. The molecule has 2 N–H and O–H groups in total. The molecule has 0 unspecified atom stereocenters.